The van der Waals surface area contributed by atoms with Gasteiger partial charge in [-0.1, -0.05) is 42.7 Å². The molecule has 0 aromatic heterocycles. The van der Waals surface area contributed by atoms with Gasteiger partial charge in [-0.05, 0) is 25.3 Å². The van der Waals surface area contributed by atoms with Crippen LogP contribution in [0.5, 0.6) is 0 Å². The van der Waals surface area contributed by atoms with E-state index in [4.69, 9.17) is 5.73 Å². The van der Waals surface area contributed by atoms with Gasteiger partial charge >= 0.3 is 0 Å². The van der Waals surface area contributed by atoms with Crippen molar-refractivity contribution in [1.29, 1.82) is 0 Å². The molecule has 1 saturated carbocycles. The lowest BCUT2D eigenvalue weighted by atomic mass is 9.85. The maximum Gasteiger partial charge on any atom is 0.227 e. The van der Waals surface area contributed by atoms with Crippen LogP contribution >= 0.6 is 12.4 Å². The van der Waals surface area contributed by atoms with Gasteiger partial charge in [0.2, 0.25) is 5.91 Å². The lowest BCUT2D eigenvalue weighted by Crippen LogP contribution is -2.43. The van der Waals surface area contributed by atoms with Crippen LogP contribution in [0, 0.1) is 12.3 Å². The minimum Gasteiger partial charge on any atom is -0.352 e. The van der Waals surface area contributed by atoms with Gasteiger partial charge < -0.3 is 11.1 Å². The molecule has 1 fully saturated rings. The average molecular weight is 283 g/mol. The first-order chi connectivity index (χ1) is 8.66. The third kappa shape index (κ3) is 3.71. The van der Waals surface area contributed by atoms with E-state index in [9.17, 15) is 4.79 Å². The van der Waals surface area contributed by atoms with Crippen molar-refractivity contribution in [3.63, 3.8) is 0 Å². The zero-order chi connectivity index (χ0) is 13.0. The molecule has 19 heavy (non-hydrogen) atoms. The summed E-state index contributed by atoms with van der Waals surface area (Å²) in [5.41, 5.74) is 7.87. The van der Waals surface area contributed by atoms with E-state index in [1.165, 1.54) is 5.56 Å². The fourth-order valence-corrected chi connectivity index (χ4v) is 2.77. The van der Waals surface area contributed by atoms with Crippen molar-refractivity contribution in [1.82, 2.24) is 5.32 Å². The Balaban J connectivity index is 0.00000180. The third-order valence-corrected chi connectivity index (χ3v) is 3.97. The number of aryl methyl sites for hydroxylation is 1. The van der Waals surface area contributed by atoms with Crippen molar-refractivity contribution < 1.29 is 4.79 Å². The molecule has 0 unspecified atom stereocenters. The van der Waals surface area contributed by atoms with Gasteiger partial charge in [0.05, 0.1) is 5.41 Å². The number of halogens is 1. The molecule has 1 aliphatic rings. The first-order valence-electron chi connectivity index (χ1n) is 6.70. The second kappa shape index (κ2) is 6.92. The van der Waals surface area contributed by atoms with Crippen molar-refractivity contribution in [2.75, 3.05) is 6.54 Å². The van der Waals surface area contributed by atoms with E-state index in [2.05, 4.69) is 24.4 Å². The summed E-state index contributed by atoms with van der Waals surface area (Å²) in [6.07, 6.45) is 4.11. The first-order valence-corrected chi connectivity index (χ1v) is 6.70. The van der Waals surface area contributed by atoms with E-state index < -0.39 is 0 Å². The van der Waals surface area contributed by atoms with Gasteiger partial charge in [-0.15, -0.1) is 12.4 Å². The Bertz CT molecular complexity index is 428. The molecule has 0 aliphatic heterocycles. The zero-order valence-corrected chi connectivity index (χ0v) is 12.3. The number of hydrogen-bond acceptors (Lipinski definition) is 2. The fourth-order valence-electron chi connectivity index (χ4n) is 2.77. The highest BCUT2D eigenvalue weighted by Crippen LogP contribution is 2.37. The second-order valence-corrected chi connectivity index (χ2v) is 5.36. The molecular weight excluding hydrogens is 260 g/mol. The Morgan fingerprint density at radius 1 is 1.37 bits per heavy atom. The summed E-state index contributed by atoms with van der Waals surface area (Å²) < 4.78 is 0. The lowest BCUT2D eigenvalue weighted by molar-refractivity contribution is -0.130. The van der Waals surface area contributed by atoms with Gasteiger partial charge in [-0.2, -0.15) is 0 Å². The van der Waals surface area contributed by atoms with Gasteiger partial charge in [0.1, 0.15) is 0 Å². The third-order valence-electron chi connectivity index (χ3n) is 3.97. The summed E-state index contributed by atoms with van der Waals surface area (Å²) in [5, 5.41) is 3.04. The summed E-state index contributed by atoms with van der Waals surface area (Å²) >= 11 is 0. The Labute approximate surface area is 121 Å². The molecule has 4 heteroatoms. The summed E-state index contributed by atoms with van der Waals surface area (Å²) in [4.78, 5) is 12.3. The standard InChI is InChI=1S/C15H22N2O.ClH/c1-12-5-4-6-13(9-12)10-17-14(18)15(11-16)7-2-3-8-15;/h4-6,9H,2-3,7-8,10-11,16H2,1H3,(H,17,18);1H. The van der Waals surface area contributed by atoms with Crippen LogP contribution in [0.3, 0.4) is 0 Å². The van der Waals surface area contributed by atoms with Crippen LogP contribution < -0.4 is 11.1 Å². The van der Waals surface area contributed by atoms with Crippen molar-refractivity contribution in [3.8, 4) is 0 Å². The number of rotatable bonds is 4. The Kier molecular flexibility index (Phi) is 5.83. The van der Waals surface area contributed by atoms with E-state index in [1.54, 1.807) is 0 Å². The zero-order valence-electron chi connectivity index (χ0n) is 11.4. The number of benzene rings is 1. The highest BCUT2D eigenvalue weighted by Gasteiger charge is 2.39. The number of nitrogens with one attached hydrogen (secondary N) is 1. The highest BCUT2D eigenvalue weighted by atomic mass is 35.5. The molecule has 0 spiro atoms. The maximum absolute atomic E-state index is 12.3. The van der Waals surface area contributed by atoms with Crippen molar-refractivity contribution in [3.05, 3.63) is 35.4 Å². The van der Waals surface area contributed by atoms with Crippen molar-refractivity contribution >= 4 is 18.3 Å². The normalized spacial score (nSPS) is 16.7. The second-order valence-electron chi connectivity index (χ2n) is 5.36. The van der Waals surface area contributed by atoms with Crippen LogP contribution in [0.4, 0.5) is 0 Å². The van der Waals surface area contributed by atoms with Gasteiger partial charge in [0.25, 0.3) is 0 Å². The van der Waals surface area contributed by atoms with Gasteiger partial charge in [0.15, 0.2) is 0 Å². The lowest BCUT2D eigenvalue weighted by Gasteiger charge is -2.25. The molecule has 0 atom stereocenters. The summed E-state index contributed by atoms with van der Waals surface area (Å²) in [5.74, 6) is 0.129. The van der Waals surface area contributed by atoms with Crippen LogP contribution in [-0.2, 0) is 11.3 Å². The summed E-state index contributed by atoms with van der Waals surface area (Å²) in [7, 11) is 0. The first kappa shape index (κ1) is 16.0. The van der Waals surface area contributed by atoms with Gasteiger partial charge in [0, 0.05) is 13.1 Å². The molecule has 3 N–H and O–H groups in total. The molecule has 0 saturated heterocycles. The molecule has 1 aliphatic carbocycles. The van der Waals surface area contributed by atoms with Gasteiger partial charge in [-0.3, -0.25) is 4.79 Å². The van der Waals surface area contributed by atoms with Crippen LogP contribution in [0.1, 0.15) is 36.8 Å². The van der Waals surface area contributed by atoms with Crippen molar-refractivity contribution in [2.24, 2.45) is 11.1 Å². The maximum atomic E-state index is 12.3. The quantitative estimate of drug-likeness (QED) is 0.892. The van der Waals surface area contributed by atoms with Crippen LogP contribution in [0.25, 0.3) is 0 Å². The minimum absolute atomic E-state index is 0. The highest BCUT2D eigenvalue weighted by molar-refractivity contribution is 5.85. The smallest absolute Gasteiger partial charge is 0.227 e. The van der Waals surface area contributed by atoms with E-state index in [0.29, 0.717) is 13.1 Å². The van der Waals surface area contributed by atoms with Gasteiger partial charge in [-0.25, -0.2) is 0 Å². The minimum atomic E-state index is -0.302. The number of carbonyl (C=O) groups excluding carboxylic acids is 1. The van der Waals surface area contributed by atoms with E-state index in [0.717, 1.165) is 31.2 Å². The molecule has 0 heterocycles. The largest absolute Gasteiger partial charge is 0.352 e. The fraction of sp³-hybridized carbons (Fsp3) is 0.533. The van der Waals surface area contributed by atoms with Crippen molar-refractivity contribution in [2.45, 2.75) is 39.2 Å². The average Bonchev–Trinajstić information content (AvgIpc) is 2.86. The number of carbonyl (C=O) groups is 1. The van der Waals surface area contributed by atoms with Crippen LogP contribution in [-0.4, -0.2) is 12.5 Å². The van der Waals surface area contributed by atoms with E-state index in [1.807, 2.05) is 12.1 Å². The SMILES string of the molecule is Cc1cccc(CNC(=O)C2(CN)CCCC2)c1.Cl. The molecule has 0 radical (unpaired) electrons. The molecule has 0 bridgehead atoms. The summed E-state index contributed by atoms with van der Waals surface area (Å²) in [6.45, 7) is 3.12. The molecule has 1 aromatic rings. The molecule has 106 valence electrons. The number of amides is 1. The Morgan fingerprint density at radius 3 is 2.63 bits per heavy atom. The molecule has 3 nitrogen and oxygen atoms in total. The Morgan fingerprint density at radius 2 is 2.05 bits per heavy atom. The number of hydrogen-bond donors (Lipinski definition) is 2. The van der Waals surface area contributed by atoms with Crippen LogP contribution in [0.2, 0.25) is 0 Å². The van der Waals surface area contributed by atoms with Crippen LogP contribution in [0.15, 0.2) is 24.3 Å². The molecular formula is C15H23ClN2O. The topological polar surface area (TPSA) is 55.1 Å². The predicted octanol–water partition coefficient (Wildman–Crippen LogP) is 2.55. The Hall–Kier alpha value is -1.06. The number of nitrogens with two attached hydrogens (primary N) is 1. The molecule has 1 amide bonds. The predicted molar refractivity (Wildman–Crippen MR) is 80.2 cm³/mol. The summed E-state index contributed by atoms with van der Waals surface area (Å²) in [6, 6.07) is 8.22. The van der Waals surface area contributed by atoms with E-state index >= 15 is 0 Å². The molecule has 2 rings (SSSR count). The van der Waals surface area contributed by atoms with E-state index in [-0.39, 0.29) is 23.7 Å². The molecule has 1 aromatic carbocycles. The monoisotopic (exact) mass is 282 g/mol.